The van der Waals surface area contributed by atoms with Gasteiger partial charge >= 0.3 is 6.09 Å². The molecule has 6 nitrogen and oxygen atoms in total. The van der Waals surface area contributed by atoms with E-state index in [4.69, 9.17) is 5.73 Å². The van der Waals surface area contributed by atoms with Gasteiger partial charge in [-0.05, 0) is 13.5 Å². The molecule has 0 bridgehead atoms. The van der Waals surface area contributed by atoms with Gasteiger partial charge in [0.15, 0.2) is 0 Å². The number of hydrogen-bond acceptors (Lipinski definition) is 4. The second kappa shape index (κ2) is 4.80. The average Bonchev–Trinajstić information content (AvgIpc) is 2.47. The lowest BCUT2D eigenvalue weighted by Gasteiger charge is -2.15. The molecule has 1 unspecified atom stereocenters. The van der Waals surface area contributed by atoms with Crippen molar-refractivity contribution in [2.24, 2.45) is 5.73 Å². The van der Waals surface area contributed by atoms with Crippen molar-refractivity contribution >= 4 is 12.0 Å². The van der Waals surface area contributed by atoms with Crippen LogP contribution in [0.15, 0.2) is 0 Å². The number of carbonyl (C=O) groups is 2. The van der Waals surface area contributed by atoms with E-state index < -0.39 is 6.09 Å². The minimum Gasteiger partial charge on any atom is -0.448 e. The quantitative estimate of drug-likeness (QED) is 0.604. The molecule has 2 amide bonds. The molecule has 1 saturated heterocycles. The molecule has 0 aromatic carbocycles. The normalized spacial score (nSPS) is 21.4. The van der Waals surface area contributed by atoms with E-state index in [9.17, 15) is 9.59 Å². The molecule has 80 valence electrons. The van der Waals surface area contributed by atoms with Crippen molar-refractivity contribution < 1.29 is 14.3 Å². The SMILES string of the molecule is CNC1CCN(CCOC(N)=O)C1=O. The number of hydrogen-bond donors (Lipinski definition) is 2. The summed E-state index contributed by atoms with van der Waals surface area (Å²) in [5.74, 6) is 0.0561. The largest absolute Gasteiger partial charge is 0.448 e. The van der Waals surface area contributed by atoms with Crippen LogP contribution in [0.3, 0.4) is 0 Å². The van der Waals surface area contributed by atoms with Gasteiger partial charge < -0.3 is 20.7 Å². The summed E-state index contributed by atoms with van der Waals surface area (Å²) in [6.07, 6.45) is -0.00635. The Morgan fingerprint density at radius 3 is 3.00 bits per heavy atom. The predicted octanol–water partition coefficient (Wildman–Crippen LogP) is -1.10. The molecule has 1 atom stereocenters. The zero-order valence-electron chi connectivity index (χ0n) is 8.16. The fraction of sp³-hybridized carbons (Fsp3) is 0.750. The van der Waals surface area contributed by atoms with Gasteiger partial charge in [-0.2, -0.15) is 0 Å². The Bertz CT molecular complexity index is 232. The summed E-state index contributed by atoms with van der Waals surface area (Å²) >= 11 is 0. The smallest absolute Gasteiger partial charge is 0.404 e. The molecule has 0 aromatic rings. The zero-order valence-corrected chi connectivity index (χ0v) is 8.16. The molecule has 6 heteroatoms. The predicted molar refractivity (Wildman–Crippen MR) is 49.6 cm³/mol. The summed E-state index contributed by atoms with van der Waals surface area (Å²) in [4.78, 5) is 23.4. The summed E-state index contributed by atoms with van der Waals surface area (Å²) < 4.78 is 4.55. The number of likely N-dealkylation sites (tertiary alicyclic amines) is 1. The van der Waals surface area contributed by atoms with Gasteiger partial charge in [0.1, 0.15) is 6.61 Å². The van der Waals surface area contributed by atoms with Crippen LogP contribution in [0.25, 0.3) is 0 Å². The Labute approximate surface area is 82.4 Å². The molecule has 3 N–H and O–H groups in total. The lowest BCUT2D eigenvalue weighted by Crippen LogP contribution is -2.38. The van der Waals surface area contributed by atoms with Crippen molar-refractivity contribution in [2.45, 2.75) is 12.5 Å². The Morgan fingerprint density at radius 1 is 1.79 bits per heavy atom. The number of nitrogens with two attached hydrogens (primary N) is 1. The molecular weight excluding hydrogens is 186 g/mol. The topological polar surface area (TPSA) is 84.7 Å². The average molecular weight is 201 g/mol. The lowest BCUT2D eigenvalue weighted by atomic mass is 10.3. The van der Waals surface area contributed by atoms with Gasteiger partial charge in [0.05, 0.1) is 12.6 Å². The van der Waals surface area contributed by atoms with Crippen molar-refractivity contribution in [1.29, 1.82) is 0 Å². The molecule has 0 aromatic heterocycles. The van der Waals surface area contributed by atoms with Crippen molar-refractivity contribution in [3.63, 3.8) is 0 Å². The molecule has 0 aliphatic carbocycles. The van der Waals surface area contributed by atoms with E-state index in [1.807, 2.05) is 0 Å². The molecular formula is C8H15N3O3. The van der Waals surface area contributed by atoms with Crippen LogP contribution >= 0.6 is 0 Å². The fourth-order valence-corrected chi connectivity index (χ4v) is 1.49. The van der Waals surface area contributed by atoms with Gasteiger partial charge in [-0.15, -0.1) is 0 Å². The summed E-state index contributed by atoms with van der Waals surface area (Å²) in [6.45, 7) is 1.28. The van der Waals surface area contributed by atoms with Gasteiger partial charge in [-0.1, -0.05) is 0 Å². The first-order chi connectivity index (χ1) is 6.65. The summed E-state index contributed by atoms with van der Waals surface area (Å²) in [5.41, 5.74) is 4.79. The Kier molecular flexibility index (Phi) is 3.70. The van der Waals surface area contributed by atoms with Crippen LogP contribution in [0.1, 0.15) is 6.42 Å². The first kappa shape index (κ1) is 10.8. The Morgan fingerprint density at radius 2 is 2.50 bits per heavy atom. The first-order valence-electron chi connectivity index (χ1n) is 4.53. The molecule has 1 fully saturated rings. The second-order valence-electron chi connectivity index (χ2n) is 3.12. The van der Waals surface area contributed by atoms with Gasteiger partial charge in [-0.25, -0.2) is 4.79 Å². The third-order valence-corrected chi connectivity index (χ3v) is 2.25. The zero-order chi connectivity index (χ0) is 10.6. The first-order valence-corrected chi connectivity index (χ1v) is 4.53. The van der Waals surface area contributed by atoms with Gasteiger partial charge in [-0.3, -0.25) is 4.79 Å². The third-order valence-electron chi connectivity index (χ3n) is 2.25. The number of nitrogens with zero attached hydrogens (tertiary/aromatic N) is 1. The summed E-state index contributed by atoms with van der Waals surface area (Å²) in [7, 11) is 1.76. The molecule has 1 aliphatic heterocycles. The van der Waals surface area contributed by atoms with Crippen LogP contribution in [0.5, 0.6) is 0 Å². The highest BCUT2D eigenvalue weighted by atomic mass is 16.5. The Balaban J connectivity index is 2.26. The molecule has 1 heterocycles. The van der Waals surface area contributed by atoms with Crippen LogP contribution in [0.4, 0.5) is 4.79 Å². The molecule has 0 spiro atoms. The van der Waals surface area contributed by atoms with E-state index in [1.54, 1.807) is 11.9 Å². The van der Waals surface area contributed by atoms with E-state index in [0.717, 1.165) is 6.42 Å². The van der Waals surface area contributed by atoms with Crippen LogP contribution in [0.2, 0.25) is 0 Å². The minimum absolute atomic E-state index is 0.0561. The van der Waals surface area contributed by atoms with Crippen LogP contribution in [-0.4, -0.2) is 49.7 Å². The summed E-state index contributed by atoms with van der Waals surface area (Å²) in [5, 5.41) is 2.92. The van der Waals surface area contributed by atoms with Gasteiger partial charge in [0.2, 0.25) is 5.91 Å². The highest BCUT2D eigenvalue weighted by Gasteiger charge is 2.29. The van der Waals surface area contributed by atoms with E-state index in [2.05, 4.69) is 10.1 Å². The molecule has 0 radical (unpaired) electrons. The molecule has 1 aliphatic rings. The fourth-order valence-electron chi connectivity index (χ4n) is 1.49. The lowest BCUT2D eigenvalue weighted by molar-refractivity contribution is -0.129. The number of ether oxygens (including phenoxy) is 1. The highest BCUT2D eigenvalue weighted by Crippen LogP contribution is 2.09. The Hall–Kier alpha value is -1.30. The highest BCUT2D eigenvalue weighted by molar-refractivity contribution is 5.83. The van der Waals surface area contributed by atoms with Crippen LogP contribution < -0.4 is 11.1 Å². The maximum atomic E-state index is 11.5. The minimum atomic E-state index is -0.804. The molecule has 1 rings (SSSR count). The number of primary amides is 1. The number of rotatable bonds is 4. The monoisotopic (exact) mass is 201 g/mol. The van der Waals surface area contributed by atoms with Crippen molar-refractivity contribution in [3.8, 4) is 0 Å². The van der Waals surface area contributed by atoms with Crippen molar-refractivity contribution in [2.75, 3.05) is 26.7 Å². The van der Waals surface area contributed by atoms with Gasteiger partial charge in [0.25, 0.3) is 0 Å². The van der Waals surface area contributed by atoms with Crippen molar-refractivity contribution in [1.82, 2.24) is 10.2 Å². The van der Waals surface area contributed by atoms with E-state index in [-0.39, 0.29) is 18.6 Å². The maximum absolute atomic E-state index is 11.5. The van der Waals surface area contributed by atoms with Crippen LogP contribution in [-0.2, 0) is 9.53 Å². The summed E-state index contributed by atoms with van der Waals surface area (Å²) in [6, 6.07) is -0.0939. The number of likely N-dealkylation sites (N-methyl/N-ethyl adjacent to an activating group) is 1. The van der Waals surface area contributed by atoms with Crippen LogP contribution in [0, 0.1) is 0 Å². The van der Waals surface area contributed by atoms with E-state index in [0.29, 0.717) is 13.1 Å². The van der Waals surface area contributed by atoms with E-state index >= 15 is 0 Å². The van der Waals surface area contributed by atoms with E-state index in [1.165, 1.54) is 0 Å². The number of amides is 2. The number of nitrogens with one attached hydrogen (secondary N) is 1. The molecule has 0 saturated carbocycles. The maximum Gasteiger partial charge on any atom is 0.404 e. The third kappa shape index (κ3) is 2.59. The second-order valence-corrected chi connectivity index (χ2v) is 3.12. The number of carbonyl (C=O) groups excluding carboxylic acids is 2. The van der Waals surface area contributed by atoms with Gasteiger partial charge in [0, 0.05) is 6.54 Å². The molecule has 14 heavy (non-hydrogen) atoms. The van der Waals surface area contributed by atoms with Crippen molar-refractivity contribution in [3.05, 3.63) is 0 Å². The standard InChI is InChI=1S/C8H15N3O3/c1-10-6-2-3-11(7(6)12)4-5-14-8(9)13/h6,10H,2-5H2,1H3,(H2,9,13).